The number of anilines is 2. The van der Waals surface area contributed by atoms with Gasteiger partial charge in [0, 0.05) is 26.4 Å². The van der Waals surface area contributed by atoms with E-state index in [1.165, 1.54) is 32.6 Å². The van der Waals surface area contributed by atoms with Crippen LogP contribution in [-0.2, 0) is 20.9 Å². The molecular formula is C27H20ClN3O5S3. The molecule has 2 aromatic carbocycles. The Labute approximate surface area is 240 Å². The molecule has 4 heterocycles. The summed E-state index contributed by atoms with van der Waals surface area (Å²) >= 11 is 9.71. The highest BCUT2D eigenvalue weighted by atomic mass is 35.5. The molecule has 3 atom stereocenters. The molecule has 0 spiro atoms. The van der Waals surface area contributed by atoms with E-state index in [9.17, 15) is 19.2 Å². The number of thiophene rings is 1. The Balaban J connectivity index is 1.35. The zero-order valence-electron chi connectivity index (χ0n) is 20.3. The second-order valence-electron chi connectivity index (χ2n) is 8.95. The number of nitrogens with one attached hydrogen (secondary N) is 1. The van der Waals surface area contributed by atoms with Crippen molar-refractivity contribution >= 4 is 75.1 Å². The largest absolute Gasteiger partial charge is 0.497 e. The molecule has 12 heteroatoms. The number of nitrogens with zero attached hydrogens (tertiary/aromatic N) is 2. The number of hydrogen-bond donors (Lipinski definition) is 1. The summed E-state index contributed by atoms with van der Waals surface area (Å²) in [5.41, 5.74) is 1.02. The number of carbonyl (C=O) groups is 3. The number of amides is 3. The first-order chi connectivity index (χ1) is 18.9. The zero-order valence-corrected chi connectivity index (χ0v) is 23.5. The van der Waals surface area contributed by atoms with E-state index in [0.717, 1.165) is 16.2 Å². The zero-order chi connectivity index (χ0) is 27.3. The van der Waals surface area contributed by atoms with Crippen LogP contribution in [0.2, 0.25) is 5.02 Å². The molecule has 6 rings (SSSR count). The highest BCUT2D eigenvalue weighted by Gasteiger charge is 2.57. The second-order valence-corrected chi connectivity index (χ2v) is 12.5. The molecule has 198 valence electrons. The van der Waals surface area contributed by atoms with Crippen LogP contribution in [0.3, 0.4) is 0 Å². The normalized spacial score (nSPS) is 20.1. The van der Waals surface area contributed by atoms with Gasteiger partial charge in [0.2, 0.25) is 17.7 Å². The maximum absolute atomic E-state index is 13.8. The van der Waals surface area contributed by atoms with Gasteiger partial charge < -0.3 is 10.1 Å². The Hall–Kier alpha value is -3.38. The Kier molecular flexibility index (Phi) is 6.84. The molecule has 2 aliphatic rings. The average Bonchev–Trinajstić information content (AvgIpc) is 3.63. The summed E-state index contributed by atoms with van der Waals surface area (Å²) in [5.74, 6) is -1.53. The lowest BCUT2D eigenvalue weighted by Crippen LogP contribution is -2.32. The van der Waals surface area contributed by atoms with E-state index in [1.54, 1.807) is 55.6 Å². The molecule has 0 aliphatic carbocycles. The lowest BCUT2D eigenvalue weighted by atomic mass is 9.87. The number of thioether (sulfide) groups is 1. The number of imide groups is 1. The van der Waals surface area contributed by atoms with Crippen LogP contribution in [0, 0.1) is 5.92 Å². The molecule has 1 fully saturated rings. The number of hydrogen-bond acceptors (Lipinski definition) is 8. The van der Waals surface area contributed by atoms with Crippen molar-refractivity contribution in [3.05, 3.63) is 90.5 Å². The number of methoxy groups -OCH3 is 1. The molecule has 0 unspecified atom stereocenters. The van der Waals surface area contributed by atoms with Crippen LogP contribution in [0.25, 0.3) is 0 Å². The number of aromatic nitrogens is 1. The lowest BCUT2D eigenvalue weighted by Gasteiger charge is -2.29. The minimum absolute atomic E-state index is 0.221. The monoisotopic (exact) mass is 597 g/mol. The number of fused-ring (bicyclic) bond motifs is 2. The molecule has 3 amide bonds. The fourth-order valence-electron chi connectivity index (χ4n) is 4.89. The van der Waals surface area contributed by atoms with Crippen molar-refractivity contribution in [2.75, 3.05) is 17.3 Å². The number of benzene rings is 2. The molecule has 0 radical (unpaired) electrons. The number of rotatable bonds is 6. The van der Waals surface area contributed by atoms with Crippen molar-refractivity contribution in [3.63, 3.8) is 0 Å². The van der Waals surface area contributed by atoms with Gasteiger partial charge >= 0.3 is 4.87 Å². The first-order valence-electron chi connectivity index (χ1n) is 11.9. The molecular weight excluding hydrogens is 578 g/mol. The van der Waals surface area contributed by atoms with Crippen molar-refractivity contribution in [2.45, 2.75) is 22.7 Å². The summed E-state index contributed by atoms with van der Waals surface area (Å²) in [6, 6.07) is 17.3. The smallest absolute Gasteiger partial charge is 0.308 e. The van der Waals surface area contributed by atoms with Crippen molar-refractivity contribution in [2.24, 2.45) is 5.92 Å². The summed E-state index contributed by atoms with van der Waals surface area (Å²) in [6.07, 6.45) is 0. The quantitative estimate of drug-likeness (QED) is 0.312. The van der Waals surface area contributed by atoms with E-state index in [-0.39, 0.29) is 29.1 Å². The maximum atomic E-state index is 13.8. The topological polar surface area (TPSA) is 97.7 Å². The molecule has 0 saturated carbocycles. The molecule has 39 heavy (non-hydrogen) atoms. The van der Waals surface area contributed by atoms with Gasteiger partial charge in [-0.3, -0.25) is 23.7 Å². The highest BCUT2D eigenvalue weighted by Crippen LogP contribution is 2.54. The predicted molar refractivity (Wildman–Crippen MR) is 153 cm³/mol. The van der Waals surface area contributed by atoms with Gasteiger partial charge in [0.15, 0.2) is 0 Å². The Morgan fingerprint density at radius 1 is 1.03 bits per heavy atom. The summed E-state index contributed by atoms with van der Waals surface area (Å²) in [4.78, 5) is 56.1. The fraction of sp³-hybridized carbons (Fsp3) is 0.185. The molecule has 1 N–H and O–H groups in total. The van der Waals surface area contributed by atoms with Gasteiger partial charge in [-0.25, -0.2) is 4.90 Å². The van der Waals surface area contributed by atoms with Crippen molar-refractivity contribution in [1.29, 1.82) is 0 Å². The summed E-state index contributed by atoms with van der Waals surface area (Å²) in [6.45, 7) is -0.221. The Morgan fingerprint density at radius 3 is 2.44 bits per heavy atom. The van der Waals surface area contributed by atoms with Gasteiger partial charge in [0.25, 0.3) is 0 Å². The predicted octanol–water partition coefficient (Wildman–Crippen LogP) is 5.07. The van der Waals surface area contributed by atoms with Crippen LogP contribution in [-0.4, -0.2) is 34.6 Å². The van der Waals surface area contributed by atoms with Gasteiger partial charge in [-0.1, -0.05) is 40.8 Å². The SMILES string of the molecule is COc1ccc(NC(=O)Cn2c3c(sc2=O)[C@@H](c2cccs2)[C@@H]2C(=O)N(c4ccc(Cl)cc4)C(=O)[C@@H]2S3)cc1. The summed E-state index contributed by atoms with van der Waals surface area (Å²) < 4.78 is 6.56. The third-order valence-electron chi connectivity index (χ3n) is 6.66. The third-order valence-corrected chi connectivity index (χ3v) is 10.5. The third kappa shape index (κ3) is 4.59. The van der Waals surface area contributed by atoms with Gasteiger partial charge in [-0.2, -0.15) is 0 Å². The molecule has 2 aromatic heterocycles. The Bertz CT molecular complexity index is 1630. The van der Waals surface area contributed by atoms with Crippen molar-refractivity contribution in [1.82, 2.24) is 4.57 Å². The van der Waals surface area contributed by atoms with E-state index < -0.39 is 17.1 Å². The van der Waals surface area contributed by atoms with Crippen LogP contribution in [0.15, 0.2) is 75.9 Å². The van der Waals surface area contributed by atoms with Crippen LogP contribution in [0.4, 0.5) is 11.4 Å². The molecule has 1 saturated heterocycles. The minimum Gasteiger partial charge on any atom is -0.497 e. The molecule has 8 nitrogen and oxygen atoms in total. The van der Waals surface area contributed by atoms with Crippen LogP contribution in [0.5, 0.6) is 5.75 Å². The van der Waals surface area contributed by atoms with Gasteiger partial charge in [0.1, 0.15) is 17.5 Å². The first kappa shape index (κ1) is 25.9. The second kappa shape index (κ2) is 10.3. The van der Waals surface area contributed by atoms with E-state index in [1.807, 2.05) is 17.5 Å². The van der Waals surface area contributed by atoms with Gasteiger partial charge in [-0.15, -0.1) is 11.3 Å². The van der Waals surface area contributed by atoms with Crippen molar-refractivity contribution in [3.8, 4) is 5.75 Å². The standard InChI is InChI=1S/C27H20ClN3O5S3/c1-36-17-10-6-15(7-11-17)29-19(32)13-30-26-23(39-27(30)35)20(18-3-2-12-37-18)21-22(38-26)25(34)31(24(21)33)16-8-4-14(28)5-9-16/h2-12,20-22H,13H2,1H3,(H,29,32)/t20-,21-,22+/m0/s1. The van der Waals surface area contributed by atoms with Crippen molar-refractivity contribution < 1.29 is 19.1 Å². The van der Waals surface area contributed by atoms with E-state index >= 15 is 0 Å². The number of carbonyl (C=O) groups excluding carboxylic acids is 3. The number of ether oxygens (including phenoxy) is 1. The van der Waals surface area contributed by atoms with E-state index in [2.05, 4.69) is 5.32 Å². The summed E-state index contributed by atoms with van der Waals surface area (Å²) in [5, 5.41) is 5.02. The first-order valence-corrected chi connectivity index (χ1v) is 14.8. The maximum Gasteiger partial charge on any atom is 0.308 e. The van der Waals surface area contributed by atoms with Crippen LogP contribution < -0.4 is 19.8 Å². The van der Waals surface area contributed by atoms with E-state index in [4.69, 9.17) is 16.3 Å². The van der Waals surface area contributed by atoms with Crippen LogP contribution >= 0.6 is 46.0 Å². The minimum atomic E-state index is -0.738. The average molecular weight is 598 g/mol. The molecule has 0 bridgehead atoms. The Morgan fingerprint density at radius 2 is 1.77 bits per heavy atom. The number of thiazole rings is 1. The van der Waals surface area contributed by atoms with E-state index in [0.29, 0.717) is 32.1 Å². The van der Waals surface area contributed by atoms with Crippen LogP contribution in [0.1, 0.15) is 15.7 Å². The molecule has 4 aromatic rings. The van der Waals surface area contributed by atoms with Gasteiger partial charge in [0.05, 0.1) is 23.7 Å². The number of halogens is 1. The highest BCUT2D eigenvalue weighted by molar-refractivity contribution is 8.00. The fourth-order valence-corrected chi connectivity index (χ4v) is 8.74. The van der Waals surface area contributed by atoms with Gasteiger partial charge in [-0.05, 0) is 60.0 Å². The summed E-state index contributed by atoms with van der Waals surface area (Å²) in [7, 11) is 1.56. The molecule has 2 aliphatic heterocycles. The lowest BCUT2D eigenvalue weighted by molar-refractivity contribution is -0.122.